The van der Waals surface area contributed by atoms with E-state index in [9.17, 15) is 13.2 Å². The first-order valence-corrected chi connectivity index (χ1v) is 5.47. The normalized spacial score (nSPS) is 13.4. The SMILES string of the molecule is CC(C)Oc1ncnc(NCC(O)C(F)(F)F)c1N. The van der Waals surface area contributed by atoms with Crippen LogP contribution in [0.4, 0.5) is 24.7 Å². The molecule has 0 aliphatic rings. The molecular formula is C10H15F3N4O2. The predicted molar refractivity (Wildman–Crippen MR) is 62.8 cm³/mol. The van der Waals surface area contributed by atoms with Crippen LogP contribution in [-0.2, 0) is 0 Å². The van der Waals surface area contributed by atoms with Crippen LogP contribution in [0.3, 0.4) is 0 Å². The fraction of sp³-hybridized carbons (Fsp3) is 0.600. The monoisotopic (exact) mass is 280 g/mol. The van der Waals surface area contributed by atoms with Gasteiger partial charge in [-0.3, -0.25) is 0 Å². The summed E-state index contributed by atoms with van der Waals surface area (Å²) in [6.45, 7) is 2.75. The molecule has 0 fully saturated rings. The zero-order valence-corrected chi connectivity index (χ0v) is 10.4. The van der Waals surface area contributed by atoms with E-state index in [1.165, 1.54) is 0 Å². The summed E-state index contributed by atoms with van der Waals surface area (Å²) in [5.41, 5.74) is 5.64. The van der Waals surface area contributed by atoms with Gasteiger partial charge in [-0.05, 0) is 13.8 Å². The quantitative estimate of drug-likeness (QED) is 0.750. The number of ether oxygens (including phenoxy) is 1. The van der Waals surface area contributed by atoms with Crippen molar-refractivity contribution in [2.24, 2.45) is 0 Å². The Labute approximate surface area is 107 Å². The van der Waals surface area contributed by atoms with Crippen molar-refractivity contribution in [3.05, 3.63) is 6.33 Å². The van der Waals surface area contributed by atoms with Gasteiger partial charge >= 0.3 is 6.18 Å². The van der Waals surface area contributed by atoms with Gasteiger partial charge in [0.2, 0.25) is 5.88 Å². The van der Waals surface area contributed by atoms with Crippen molar-refractivity contribution in [2.75, 3.05) is 17.6 Å². The minimum Gasteiger partial charge on any atom is -0.473 e. The minimum absolute atomic E-state index is 0.00873. The molecule has 0 saturated carbocycles. The van der Waals surface area contributed by atoms with E-state index in [0.717, 1.165) is 6.33 Å². The van der Waals surface area contributed by atoms with E-state index in [0.29, 0.717) is 0 Å². The second-order valence-corrected chi connectivity index (χ2v) is 4.05. The number of aromatic nitrogens is 2. The van der Waals surface area contributed by atoms with Gasteiger partial charge in [0, 0.05) is 0 Å². The maximum Gasteiger partial charge on any atom is 0.416 e. The number of nitrogens with zero attached hydrogens (tertiary/aromatic N) is 2. The average molecular weight is 280 g/mol. The second kappa shape index (κ2) is 5.91. The molecule has 1 unspecified atom stereocenters. The van der Waals surface area contributed by atoms with Crippen molar-refractivity contribution < 1.29 is 23.0 Å². The Hall–Kier alpha value is -1.77. The summed E-state index contributed by atoms with van der Waals surface area (Å²) in [5.74, 6) is 0.0583. The third-order valence-electron chi connectivity index (χ3n) is 2.04. The molecule has 0 aliphatic carbocycles. The first kappa shape index (κ1) is 15.3. The molecule has 0 saturated heterocycles. The van der Waals surface area contributed by atoms with Crippen molar-refractivity contribution in [3.63, 3.8) is 0 Å². The largest absolute Gasteiger partial charge is 0.473 e. The summed E-state index contributed by atoms with van der Waals surface area (Å²) in [6, 6.07) is 0. The summed E-state index contributed by atoms with van der Waals surface area (Å²) in [7, 11) is 0. The molecule has 108 valence electrons. The van der Waals surface area contributed by atoms with E-state index in [1.54, 1.807) is 13.8 Å². The number of nitrogen functional groups attached to an aromatic ring is 1. The molecule has 1 rings (SSSR count). The summed E-state index contributed by atoms with van der Waals surface area (Å²) in [4.78, 5) is 7.47. The van der Waals surface area contributed by atoms with Crippen LogP contribution in [-0.4, -0.2) is 40.0 Å². The second-order valence-electron chi connectivity index (χ2n) is 4.05. The number of aliphatic hydroxyl groups is 1. The molecule has 0 spiro atoms. The lowest BCUT2D eigenvalue weighted by molar-refractivity contribution is -0.198. The molecule has 6 nitrogen and oxygen atoms in total. The van der Waals surface area contributed by atoms with Gasteiger partial charge in [-0.2, -0.15) is 18.2 Å². The van der Waals surface area contributed by atoms with Crippen LogP contribution >= 0.6 is 0 Å². The third-order valence-corrected chi connectivity index (χ3v) is 2.04. The lowest BCUT2D eigenvalue weighted by Crippen LogP contribution is -2.35. The van der Waals surface area contributed by atoms with Gasteiger partial charge in [0.25, 0.3) is 0 Å². The van der Waals surface area contributed by atoms with Crippen molar-refractivity contribution >= 4 is 11.5 Å². The molecular weight excluding hydrogens is 265 g/mol. The highest BCUT2D eigenvalue weighted by Gasteiger charge is 2.38. The molecule has 4 N–H and O–H groups in total. The lowest BCUT2D eigenvalue weighted by Gasteiger charge is -2.17. The Morgan fingerprint density at radius 3 is 2.58 bits per heavy atom. The highest BCUT2D eigenvalue weighted by molar-refractivity contribution is 5.66. The lowest BCUT2D eigenvalue weighted by atomic mass is 10.3. The Bertz CT molecular complexity index is 426. The Balaban J connectivity index is 2.74. The number of rotatable bonds is 5. The van der Waals surface area contributed by atoms with Gasteiger partial charge < -0.3 is 20.9 Å². The van der Waals surface area contributed by atoms with Crippen LogP contribution in [0.1, 0.15) is 13.8 Å². The standard InChI is InChI=1S/C10H15F3N4O2/c1-5(2)19-9-7(14)8(16-4-17-9)15-3-6(18)10(11,12)13/h4-6,18H,3,14H2,1-2H3,(H,15,16,17). The molecule has 1 atom stereocenters. The Kier molecular flexibility index (Phi) is 4.76. The number of nitrogens with one attached hydrogen (secondary N) is 1. The van der Waals surface area contributed by atoms with Crippen LogP contribution in [0.25, 0.3) is 0 Å². The number of anilines is 2. The van der Waals surface area contributed by atoms with E-state index >= 15 is 0 Å². The molecule has 0 aliphatic heterocycles. The Morgan fingerprint density at radius 1 is 1.42 bits per heavy atom. The van der Waals surface area contributed by atoms with E-state index in [2.05, 4.69) is 15.3 Å². The first-order chi connectivity index (χ1) is 8.71. The predicted octanol–water partition coefficient (Wildman–Crippen LogP) is 1.18. The zero-order valence-electron chi connectivity index (χ0n) is 10.4. The van der Waals surface area contributed by atoms with Crippen molar-refractivity contribution in [1.82, 2.24) is 9.97 Å². The van der Waals surface area contributed by atoms with Gasteiger partial charge in [0.15, 0.2) is 11.9 Å². The van der Waals surface area contributed by atoms with Gasteiger partial charge in [-0.1, -0.05) is 0 Å². The van der Waals surface area contributed by atoms with Crippen LogP contribution in [0.15, 0.2) is 6.33 Å². The summed E-state index contributed by atoms with van der Waals surface area (Å²) < 4.78 is 41.6. The number of hydrogen-bond acceptors (Lipinski definition) is 6. The topological polar surface area (TPSA) is 93.3 Å². The van der Waals surface area contributed by atoms with Crippen molar-refractivity contribution in [2.45, 2.75) is 32.2 Å². The molecule has 1 aromatic rings. The van der Waals surface area contributed by atoms with Gasteiger partial charge in [-0.15, -0.1) is 0 Å². The van der Waals surface area contributed by atoms with Crippen molar-refractivity contribution in [3.8, 4) is 5.88 Å². The number of halogens is 3. The smallest absolute Gasteiger partial charge is 0.416 e. The number of nitrogens with two attached hydrogens (primary N) is 1. The van der Waals surface area contributed by atoms with Gasteiger partial charge in [0.05, 0.1) is 12.6 Å². The van der Waals surface area contributed by atoms with Crippen LogP contribution in [0, 0.1) is 0 Å². The van der Waals surface area contributed by atoms with Crippen LogP contribution in [0.2, 0.25) is 0 Å². The summed E-state index contributed by atoms with van der Waals surface area (Å²) in [5, 5.41) is 11.2. The molecule has 0 bridgehead atoms. The van der Waals surface area contributed by atoms with Crippen molar-refractivity contribution in [1.29, 1.82) is 0 Å². The molecule has 9 heteroatoms. The number of hydrogen-bond donors (Lipinski definition) is 3. The fourth-order valence-corrected chi connectivity index (χ4v) is 1.15. The zero-order chi connectivity index (χ0) is 14.6. The summed E-state index contributed by atoms with van der Waals surface area (Å²) in [6.07, 6.45) is -6.29. The summed E-state index contributed by atoms with van der Waals surface area (Å²) >= 11 is 0. The van der Waals surface area contributed by atoms with Crippen LogP contribution in [0.5, 0.6) is 5.88 Å². The number of alkyl halides is 3. The highest BCUT2D eigenvalue weighted by atomic mass is 19.4. The molecule has 1 heterocycles. The fourth-order valence-electron chi connectivity index (χ4n) is 1.15. The third kappa shape index (κ3) is 4.43. The van der Waals surface area contributed by atoms with E-state index in [1.807, 2.05) is 0 Å². The molecule has 0 radical (unpaired) electrons. The highest BCUT2D eigenvalue weighted by Crippen LogP contribution is 2.26. The van der Waals surface area contributed by atoms with Crippen LogP contribution < -0.4 is 15.8 Å². The Morgan fingerprint density at radius 2 is 2.05 bits per heavy atom. The minimum atomic E-state index is -4.70. The average Bonchev–Trinajstić information content (AvgIpc) is 2.28. The maximum absolute atomic E-state index is 12.1. The maximum atomic E-state index is 12.1. The molecule has 1 aromatic heterocycles. The first-order valence-electron chi connectivity index (χ1n) is 5.47. The molecule has 0 amide bonds. The van der Waals surface area contributed by atoms with Gasteiger partial charge in [0.1, 0.15) is 12.0 Å². The van der Waals surface area contributed by atoms with E-state index in [4.69, 9.17) is 15.6 Å². The van der Waals surface area contributed by atoms with E-state index < -0.39 is 18.8 Å². The molecule has 19 heavy (non-hydrogen) atoms. The van der Waals surface area contributed by atoms with Gasteiger partial charge in [-0.25, -0.2) is 4.98 Å². The van der Waals surface area contributed by atoms with E-state index in [-0.39, 0.29) is 23.5 Å². The molecule has 0 aromatic carbocycles. The number of aliphatic hydroxyl groups excluding tert-OH is 1.